The topological polar surface area (TPSA) is 52.6 Å². The normalized spacial score (nSPS) is 11.9. The van der Waals surface area contributed by atoms with Gasteiger partial charge in [-0.1, -0.05) is 37.1 Å². The van der Waals surface area contributed by atoms with Gasteiger partial charge in [-0.3, -0.25) is 9.59 Å². The summed E-state index contributed by atoms with van der Waals surface area (Å²) in [6.07, 6.45) is 7.90. The van der Waals surface area contributed by atoms with Crippen molar-refractivity contribution in [3.8, 4) is 0 Å². The standard InChI is InChI=1S/C26H42O4/c1-7-29-23(27)25(3,4)19-13-11-17-21-15-9-10-16-22(21)18-12-14-20-26(5,6)24(28)30-8-2/h9-10,15-16H,7-8,11-14,17-20H2,1-6H3. The van der Waals surface area contributed by atoms with Crippen LogP contribution < -0.4 is 0 Å². The quantitative estimate of drug-likeness (QED) is 0.263. The van der Waals surface area contributed by atoms with Gasteiger partial charge < -0.3 is 9.47 Å². The SMILES string of the molecule is CCOC(=O)C(C)(C)CCCCc1ccccc1CCCCC(C)(C)C(=O)OCC. The third-order valence-corrected chi connectivity index (χ3v) is 5.77. The van der Waals surface area contributed by atoms with Crippen molar-refractivity contribution in [2.24, 2.45) is 10.8 Å². The molecule has 1 rings (SSSR count). The van der Waals surface area contributed by atoms with Crippen LogP contribution in [0, 0.1) is 10.8 Å². The lowest BCUT2D eigenvalue weighted by atomic mass is 9.85. The average Bonchev–Trinajstić information content (AvgIpc) is 2.69. The summed E-state index contributed by atoms with van der Waals surface area (Å²) in [5.41, 5.74) is 1.97. The molecule has 0 bridgehead atoms. The van der Waals surface area contributed by atoms with Crippen LogP contribution in [0.2, 0.25) is 0 Å². The molecule has 4 nitrogen and oxygen atoms in total. The summed E-state index contributed by atoms with van der Waals surface area (Å²) in [7, 11) is 0. The maximum Gasteiger partial charge on any atom is 0.311 e. The maximum absolute atomic E-state index is 12.0. The van der Waals surface area contributed by atoms with Crippen molar-refractivity contribution in [3.63, 3.8) is 0 Å². The molecular formula is C26H42O4. The number of rotatable bonds is 14. The summed E-state index contributed by atoms with van der Waals surface area (Å²) in [4.78, 5) is 24.1. The number of carbonyl (C=O) groups is 2. The number of aryl methyl sites for hydroxylation is 2. The number of carbonyl (C=O) groups excluding carboxylic acids is 2. The van der Waals surface area contributed by atoms with Crippen molar-refractivity contribution in [1.82, 2.24) is 0 Å². The molecule has 0 spiro atoms. The third-order valence-electron chi connectivity index (χ3n) is 5.77. The Morgan fingerprint density at radius 3 is 1.40 bits per heavy atom. The lowest BCUT2D eigenvalue weighted by Crippen LogP contribution is -2.26. The molecule has 30 heavy (non-hydrogen) atoms. The minimum absolute atomic E-state index is 0.101. The summed E-state index contributed by atoms with van der Waals surface area (Å²) in [6, 6.07) is 8.64. The Hall–Kier alpha value is -1.84. The molecule has 4 heteroatoms. The van der Waals surface area contributed by atoms with Crippen LogP contribution in [0.4, 0.5) is 0 Å². The van der Waals surface area contributed by atoms with Gasteiger partial charge in [0.25, 0.3) is 0 Å². The Morgan fingerprint density at radius 2 is 1.07 bits per heavy atom. The van der Waals surface area contributed by atoms with E-state index in [1.165, 1.54) is 11.1 Å². The summed E-state index contributed by atoms with van der Waals surface area (Å²) in [6.45, 7) is 12.5. The van der Waals surface area contributed by atoms with E-state index in [9.17, 15) is 9.59 Å². The van der Waals surface area contributed by atoms with Gasteiger partial charge in [-0.2, -0.15) is 0 Å². The van der Waals surface area contributed by atoms with E-state index in [4.69, 9.17) is 9.47 Å². The second kappa shape index (κ2) is 12.8. The summed E-state index contributed by atoms with van der Waals surface area (Å²) < 4.78 is 10.4. The molecule has 0 aromatic heterocycles. The largest absolute Gasteiger partial charge is 0.466 e. The first-order valence-corrected chi connectivity index (χ1v) is 11.5. The monoisotopic (exact) mass is 418 g/mol. The third kappa shape index (κ3) is 8.89. The Bertz CT molecular complexity index is 604. The fourth-order valence-corrected chi connectivity index (χ4v) is 3.67. The summed E-state index contributed by atoms with van der Waals surface area (Å²) in [5, 5.41) is 0. The molecule has 0 fully saturated rings. The highest BCUT2D eigenvalue weighted by Gasteiger charge is 2.29. The lowest BCUT2D eigenvalue weighted by Gasteiger charge is -2.22. The van der Waals surface area contributed by atoms with E-state index in [0.29, 0.717) is 13.2 Å². The molecule has 0 aliphatic heterocycles. The van der Waals surface area contributed by atoms with Crippen LogP contribution in [0.1, 0.15) is 91.2 Å². The van der Waals surface area contributed by atoms with Crippen molar-refractivity contribution in [2.75, 3.05) is 13.2 Å². The zero-order chi connectivity index (χ0) is 22.6. The van der Waals surface area contributed by atoms with Crippen LogP contribution >= 0.6 is 0 Å². The molecule has 0 amide bonds. The maximum atomic E-state index is 12.0. The Labute approximate surface area is 183 Å². The first-order valence-electron chi connectivity index (χ1n) is 11.5. The molecule has 0 N–H and O–H groups in total. The van der Waals surface area contributed by atoms with Crippen LogP contribution in [0.3, 0.4) is 0 Å². The van der Waals surface area contributed by atoms with E-state index in [0.717, 1.165) is 51.4 Å². The Morgan fingerprint density at radius 1 is 0.700 bits per heavy atom. The van der Waals surface area contributed by atoms with E-state index in [2.05, 4.69) is 24.3 Å². The molecule has 0 saturated heterocycles. The summed E-state index contributed by atoms with van der Waals surface area (Å²) >= 11 is 0. The van der Waals surface area contributed by atoms with Gasteiger partial charge in [0, 0.05) is 0 Å². The van der Waals surface area contributed by atoms with Crippen molar-refractivity contribution in [3.05, 3.63) is 35.4 Å². The highest BCUT2D eigenvalue weighted by molar-refractivity contribution is 5.76. The Kier molecular flexibility index (Phi) is 11.1. The van der Waals surface area contributed by atoms with Crippen LogP contribution in [-0.2, 0) is 31.9 Å². The number of esters is 2. The second-order valence-electron chi connectivity index (χ2n) is 9.39. The van der Waals surface area contributed by atoms with Gasteiger partial charge in [0.05, 0.1) is 24.0 Å². The first-order chi connectivity index (χ1) is 14.1. The average molecular weight is 419 g/mol. The van der Waals surface area contributed by atoms with Crippen LogP contribution in [-0.4, -0.2) is 25.2 Å². The van der Waals surface area contributed by atoms with Crippen LogP contribution in [0.5, 0.6) is 0 Å². The van der Waals surface area contributed by atoms with Gasteiger partial charge >= 0.3 is 11.9 Å². The number of hydrogen-bond donors (Lipinski definition) is 0. The van der Waals surface area contributed by atoms with Gasteiger partial charge in [-0.05, 0) is 91.2 Å². The van der Waals surface area contributed by atoms with Crippen molar-refractivity contribution < 1.29 is 19.1 Å². The van der Waals surface area contributed by atoms with E-state index < -0.39 is 10.8 Å². The molecule has 0 atom stereocenters. The van der Waals surface area contributed by atoms with Gasteiger partial charge in [0.15, 0.2) is 0 Å². The van der Waals surface area contributed by atoms with Crippen molar-refractivity contribution in [2.45, 2.75) is 92.9 Å². The minimum Gasteiger partial charge on any atom is -0.466 e. The van der Waals surface area contributed by atoms with Gasteiger partial charge in [-0.25, -0.2) is 0 Å². The van der Waals surface area contributed by atoms with Gasteiger partial charge in [0.2, 0.25) is 0 Å². The minimum atomic E-state index is -0.415. The van der Waals surface area contributed by atoms with E-state index in [1.807, 2.05) is 41.5 Å². The zero-order valence-corrected chi connectivity index (χ0v) is 20.0. The number of benzene rings is 1. The highest BCUT2D eigenvalue weighted by Crippen LogP contribution is 2.27. The van der Waals surface area contributed by atoms with E-state index in [-0.39, 0.29) is 11.9 Å². The fraction of sp³-hybridized carbons (Fsp3) is 0.692. The molecule has 0 unspecified atom stereocenters. The van der Waals surface area contributed by atoms with Crippen molar-refractivity contribution >= 4 is 11.9 Å². The highest BCUT2D eigenvalue weighted by atomic mass is 16.5. The van der Waals surface area contributed by atoms with Gasteiger partial charge in [-0.15, -0.1) is 0 Å². The molecule has 1 aromatic carbocycles. The van der Waals surface area contributed by atoms with E-state index >= 15 is 0 Å². The molecule has 0 heterocycles. The molecule has 0 radical (unpaired) electrons. The predicted molar refractivity (Wildman–Crippen MR) is 122 cm³/mol. The number of unbranched alkanes of at least 4 members (excludes halogenated alkanes) is 2. The fourth-order valence-electron chi connectivity index (χ4n) is 3.67. The number of ether oxygens (including phenoxy) is 2. The first kappa shape index (κ1) is 26.2. The van der Waals surface area contributed by atoms with Crippen LogP contribution in [0.15, 0.2) is 24.3 Å². The lowest BCUT2D eigenvalue weighted by molar-refractivity contribution is -0.154. The smallest absolute Gasteiger partial charge is 0.311 e. The summed E-state index contributed by atoms with van der Waals surface area (Å²) in [5.74, 6) is -0.202. The van der Waals surface area contributed by atoms with E-state index in [1.54, 1.807) is 0 Å². The molecule has 0 aliphatic carbocycles. The molecule has 0 saturated carbocycles. The molecular weight excluding hydrogens is 376 g/mol. The van der Waals surface area contributed by atoms with Crippen LogP contribution in [0.25, 0.3) is 0 Å². The molecule has 170 valence electrons. The molecule has 0 aliphatic rings. The van der Waals surface area contributed by atoms with Gasteiger partial charge in [0.1, 0.15) is 0 Å². The predicted octanol–water partition coefficient (Wildman–Crippen LogP) is 6.29. The Balaban J connectivity index is 2.46. The zero-order valence-electron chi connectivity index (χ0n) is 20.0. The molecule has 1 aromatic rings. The second-order valence-corrected chi connectivity index (χ2v) is 9.39. The van der Waals surface area contributed by atoms with Crippen molar-refractivity contribution in [1.29, 1.82) is 0 Å². The number of hydrogen-bond acceptors (Lipinski definition) is 4.